The maximum Gasteiger partial charge on any atom is 0.311 e. The van der Waals surface area contributed by atoms with E-state index in [4.69, 9.17) is 5.11 Å². The van der Waals surface area contributed by atoms with Crippen molar-refractivity contribution < 1.29 is 19.8 Å². The van der Waals surface area contributed by atoms with Crippen LogP contribution in [0.1, 0.15) is 45.4 Å². The number of allylic oxidation sites excluding steroid dienone is 5. The van der Waals surface area contributed by atoms with Crippen molar-refractivity contribution in [3.05, 3.63) is 35.5 Å². The van der Waals surface area contributed by atoms with Gasteiger partial charge < -0.3 is 10.2 Å². The van der Waals surface area contributed by atoms with Crippen LogP contribution in [0.4, 0.5) is 0 Å². The molecule has 4 nitrogen and oxygen atoms in total. The Morgan fingerprint density at radius 1 is 1.33 bits per heavy atom. The molecule has 0 spiro atoms. The standard InChI is InChI=1S/C17H22O4/c1-12-6-5-10-17(11-9-14(18)19,15(12)16(20)21)13-7-3-2-4-8-13/h5-7,10,15H,2-4,8-9,11H2,1H3,(H,18,19)(H,20,21). The molecule has 0 saturated heterocycles. The fourth-order valence-electron chi connectivity index (χ4n) is 3.64. The van der Waals surface area contributed by atoms with Gasteiger partial charge in [0, 0.05) is 11.8 Å². The van der Waals surface area contributed by atoms with Gasteiger partial charge in [0.1, 0.15) is 0 Å². The minimum atomic E-state index is -0.879. The summed E-state index contributed by atoms with van der Waals surface area (Å²) in [6, 6.07) is 0. The average molecular weight is 290 g/mol. The summed E-state index contributed by atoms with van der Waals surface area (Å²) in [5, 5.41) is 18.7. The minimum absolute atomic E-state index is 0.0151. The zero-order chi connectivity index (χ0) is 15.5. The molecule has 2 unspecified atom stereocenters. The zero-order valence-corrected chi connectivity index (χ0v) is 12.3. The Bertz CT molecular complexity index is 527. The lowest BCUT2D eigenvalue weighted by molar-refractivity contribution is -0.144. The van der Waals surface area contributed by atoms with E-state index in [1.807, 2.05) is 25.2 Å². The molecule has 21 heavy (non-hydrogen) atoms. The molecule has 0 radical (unpaired) electrons. The second kappa shape index (κ2) is 6.29. The number of hydrogen-bond acceptors (Lipinski definition) is 2. The second-order valence-corrected chi connectivity index (χ2v) is 5.95. The maximum absolute atomic E-state index is 11.8. The van der Waals surface area contributed by atoms with Gasteiger partial charge in [-0.2, -0.15) is 0 Å². The monoisotopic (exact) mass is 290 g/mol. The summed E-state index contributed by atoms with van der Waals surface area (Å²) in [5.74, 6) is -2.41. The summed E-state index contributed by atoms with van der Waals surface area (Å²) in [6.07, 6.45) is 12.1. The predicted molar refractivity (Wildman–Crippen MR) is 79.9 cm³/mol. The lowest BCUT2D eigenvalue weighted by atomic mass is 9.61. The van der Waals surface area contributed by atoms with Gasteiger partial charge in [0.05, 0.1) is 5.92 Å². The van der Waals surface area contributed by atoms with Crippen molar-refractivity contribution in [1.82, 2.24) is 0 Å². The molecule has 0 aliphatic heterocycles. The molecule has 0 bridgehead atoms. The van der Waals surface area contributed by atoms with Crippen molar-refractivity contribution >= 4 is 11.9 Å². The molecule has 0 aromatic carbocycles. The summed E-state index contributed by atoms with van der Waals surface area (Å²) in [6.45, 7) is 1.82. The van der Waals surface area contributed by atoms with Crippen LogP contribution in [-0.2, 0) is 9.59 Å². The fourth-order valence-corrected chi connectivity index (χ4v) is 3.64. The van der Waals surface area contributed by atoms with Crippen molar-refractivity contribution in [3.8, 4) is 0 Å². The molecule has 0 aromatic heterocycles. The molecule has 2 aliphatic rings. The van der Waals surface area contributed by atoms with Gasteiger partial charge in [-0.15, -0.1) is 0 Å². The molecular weight excluding hydrogens is 268 g/mol. The van der Waals surface area contributed by atoms with Crippen molar-refractivity contribution in [2.75, 3.05) is 0 Å². The van der Waals surface area contributed by atoms with Gasteiger partial charge >= 0.3 is 11.9 Å². The highest BCUT2D eigenvalue weighted by atomic mass is 16.4. The van der Waals surface area contributed by atoms with Gasteiger partial charge in [-0.25, -0.2) is 0 Å². The number of hydrogen-bond donors (Lipinski definition) is 2. The lowest BCUT2D eigenvalue weighted by Gasteiger charge is -2.42. The van der Waals surface area contributed by atoms with E-state index in [2.05, 4.69) is 6.08 Å². The van der Waals surface area contributed by atoms with Gasteiger partial charge in [-0.05, 0) is 39.0 Å². The minimum Gasteiger partial charge on any atom is -0.481 e. The van der Waals surface area contributed by atoms with Crippen LogP contribution in [0.3, 0.4) is 0 Å². The van der Waals surface area contributed by atoms with Gasteiger partial charge in [0.15, 0.2) is 0 Å². The molecule has 2 N–H and O–H groups in total. The van der Waals surface area contributed by atoms with E-state index in [9.17, 15) is 14.7 Å². The summed E-state index contributed by atoms with van der Waals surface area (Å²) in [7, 11) is 0. The van der Waals surface area contributed by atoms with Crippen LogP contribution in [-0.4, -0.2) is 22.2 Å². The summed E-state index contributed by atoms with van der Waals surface area (Å²) < 4.78 is 0. The smallest absolute Gasteiger partial charge is 0.311 e. The number of carboxylic acid groups (broad SMARTS) is 2. The third-order valence-corrected chi connectivity index (χ3v) is 4.61. The quantitative estimate of drug-likeness (QED) is 0.759. The summed E-state index contributed by atoms with van der Waals surface area (Å²) in [4.78, 5) is 22.8. The molecule has 114 valence electrons. The Morgan fingerprint density at radius 2 is 2.10 bits per heavy atom. The SMILES string of the molecule is CC1=CC=CC(CCC(=O)O)(C2=CCCCC2)C1C(=O)O. The van der Waals surface area contributed by atoms with E-state index >= 15 is 0 Å². The van der Waals surface area contributed by atoms with Crippen LogP contribution in [0.5, 0.6) is 0 Å². The Hall–Kier alpha value is -1.84. The molecule has 2 rings (SSSR count). The molecule has 0 saturated carbocycles. The first-order valence-electron chi connectivity index (χ1n) is 7.47. The molecule has 2 aliphatic carbocycles. The Balaban J connectivity index is 2.45. The number of rotatable bonds is 5. The van der Waals surface area contributed by atoms with E-state index in [-0.39, 0.29) is 6.42 Å². The highest BCUT2D eigenvalue weighted by Gasteiger charge is 2.46. The first-order valence-corrected chi connectivity index (χ1v) is 7.47. The van der Waals surface area contributed by atoms with E-state index < -0.39 is 23.3 Å². The molecule has 2 atom stereocenters. The summed E-state index contributed by atoms with van der Waals surface area (Å²) >= 11 is 0. The van der Waals surface area contributed by atoms with Crippen LogP contribution < -0.4 is 0 Å². The first-order chi connectivity index (χ1) is 9.97. The van der Waals surface area contributed by atoms with Crippen molar-refractivity contribution in [2.45, 2.75) is 45.4 Å². The third-order valence-electron chi connectivity index (χ3n) is 4.61. The average Bonchev–Trinajstić information content (AvgIpc) is 2.45. The van der Waals surface area contributed by atoms with Gasteiger partial charge in [0.25, 0.3) is 0 Å². The van der Waals surface area contributed by atoms with Gasteiger partial charge in [-0.3, -0.25) is 9.59 Å². The number of carbonyl (C=O) groups is 2. The van der Waals surface area contributed by atoms with Crippen molar-refractivity contribution in [1.29, 1.82) is 0 Å². The van der Waals surface area contributed by atoms with Gasteiger partial charge in [0.2, 0.25) is 0 Å². The van der Waals surface area contributed by atoms with E-state index in [0.29, 0.717) is 6.42 Å². The fraction of sp³-hybridized carbons (Fsp3) is 0.529. The van der Waals surface area contributed by atoms with Crippen molar-refractivity contribution in [2.24, 2.45) is 11.3 Å². The third kappa shape index (κ3) is 3.09. The topological polar surface area (TPSA) is 74.6 Å². The maximum atomic E-state index is 11.8. The largest absolute Gasteiger partial charge is 0.481 e. The second-order valence-electron chi connectivity index (χ2n) is 5.95. The van der Waals surface area contributed by atoms with Crippen molar-refractivity contribution in [3.63, 3.8) is 0 Å². The van der Waals surface area contributed by atoms with Crippen LogP contribution in [0, 0.1) is 11.3 Å². The highest BCUT2D eigenvalue weighted by molar-refractivity contribution is 5.77. The molecular formula is C17H22O4. The van der Waals surface area contributed by atoms with Crippen LogP contribution >= 0.6 is 0 Å². The summed E-state index contributed by atoms with van der Waals surface area (Å²) in [5.41, 5.74) is 1.22. The Kier molecular flexibility index (Phi) is 4.66. The molecule has 0 heterocycles. The molecule has 0 fully saturated rings. The molecule has 0 amide bonds. The Labute approximate surface area is 124 Å². The predicted octanol–water partition coefficient (Wildman–Crippen LogP) is 3.55. The normalized spacial score (nSPS) is 28.7. The number of aliphatic carboxylic acids is 2. The molecule has 4 heteroatoms. The van der Waals surface area contributed by atoms with Crippen LogP contribution in [0.2, 0.25) is 0 Å². The number of carboxylic acids is 2. The lowest BCUT2D eigenvalue weighted by Crippen LogP contribution is -2.39. The van der Waals surface area contributed by atoms with Crippen LogP contribution in [0.15, 0.2) is 35.5 Å². The highest BCUT2D eigenvalue weighted by Crippen LogP contribution is 2.50. The van der Waals surface area contributed by atoms with Gasteiger partial charge in [-0.1, -0.05) is 35.5 Å². The Morgan fingerprint density at radius 3 is 2.67 bits per heavy atom. The van der Waals surface area contributed by atoms with Crippen LogP contribution in [0.25, 0.3) is 0 Å². The van der Waals surface area contributed by atoms with E-state index in [0.717, 1.165) is 36.8 Å². The first kappa shape index (κ1) is 15.5. The van der Waals surface area contributed by atoms with E-state index in [1.165, 1.54) is 0 Å². The molecule has 0 aromatic rings. The van der Waals surface area contributed by atoms with E-state index in [1.54, 1.807) is 0 Å². The zero-order valence-electron chi connectivity index (χ0n) is 12.3.